The zero-order valence-electron chi connectivity index (χ0n) is 15.0. The van der Waals surface area contributed by atoms with Gasteiger partial charge in [-0.05, 0) is 32.6 Å². The molecule has 2 saturated heterocycles. The Morgan fingerprint density at radius 2 is 1.69 bits per heavy atom. The third kappa shape index (κ3) is 3.01. The van der Waals surface area contributed by atoms with E-state index < -0.39 is 0 Å². The fourth-order valence-electron chi connectivity index (χ4n) is 4.48. The number of hydrogen-bond acceptors (Lipinski definition) is 6. The number of carbonyl (C=O) groups is 3. The van der Waals surface area contributed by atoms with Crippen molar-refractivity contribution in [3.63, 3.8) is 0 Å². The Morgan fingerprint density at radius 1 is 1.08 bits per heavy atom. The van der Waals surface area contributed by atoms with Gasteiger partial charge in [0, 0.05) is 19.0 Å². The van der Waals surface area contributed by atoms with Gasteiger partial charge >= 0.3 is 0 Å². The Morgan fingerprint density at radius 3 is 2.23 bits per heavy atom. The van der Waals surface area contributed by atoms with E-state index in [4.69, 9.17) is 4.52 Å². The molecule has 2 unspecified atom stereocenters. The lowest BCUT2D eigenvalue weighted by Crippen LogP contribution is -2.45. The standard InChI is InChI=1S/C18H24N4O4/c1-11-19-16(26-20-11)12-6-8-21(9-7-12)15(23)10-22-17(24)13-4-2-3-5-14(13)18(22)25/h12-14H,2-10H2,1H3. The SMILES string of the molecule is Cc1noc(C2CCN(C(=O)CN3C(=O)C4CCCCC4C3=O)CC2)n1. The molecule has 1 saturated carbocycles. The minimum Gasteiger partial charge on any atom is -0.341 e. The normalized spacial score (nSPS) is 27.1. The Bertz CT molecular complexity index is 699. The van der Waals surface area contributed by atoms with E-state index in [0.29, 0.717) is 24.8 Å². The number of fused-ring (bicyclic) bond motifs is 1. The summed E-state index contributed by atoms with van der Waals surface area (Å²) in [6.45, 7) is 2.82. The maximum Gasteiger partial charge on any atom is 0.242 e. The average Bonchev–Trinajstić information content (AvgIpc) is 3.20. The molecule has 1 aromatic heterocycles. The van der Waals surface area contributed by atoms with E-state index in [1.54, 1.807) is 11.8 Å². The average molecular weight is 360 g/mol. The van der Waals surface area contributed by atoms with Crippen LogP contribution in [0, 0.1) is 18.8 Å². The summed E-state index contributed by atoms with van der Waals surface area (Å²) in [6.07, 6.45) is 5.03. The predicted octanol–water partition coefficient (Wildman–Crippen LogP) is 1.26. The van der Waals surface area contributed by atoms with Crippen LogP contribution in [0.15, 0.2) is 4.52 Å². The van der Waals surface area contributed by atoms with E-state index in [1.165, 1.54) is 4.90 Å². The van der Waals surface area contributed by atoms with E-state index in [1.807, 2.05) is 0 Å². The molecule has 1 aromatic rings. The van der Waals surface area contributed by atoms with Crippen molar-refractivity contribution in [3.8, 4) is 0 Å². The molecule has 26 heavy (non-hydrogen) atoms. The highest BCUT2D eigenvalue weighted by Crippen LogP contribution is 2.38. The molecule has 0 N–H and O–H groups in total. The highest BCUT2D eigenvalue weighted by molar-refractivity contribution is 6.07. The van der Waals surface area contributed by atoms with Crippen molar-refractivity contribution in [2.45, 2.75) is 51.4 Å². The van der Waals surface area contributed by atoms with Gasteiger partial charge in [-0.25, -0.2) is 0 Å². The summed E-state index contributed by atoms with van der Waals surface area (Å²) in [5, 5.41) is 3.82. The van der Waals surface area contributed by atoms with Gasteiger partial charge in [0.05, 0.1) is 11.8 Å². The molecule has 4 rings (SSSR count). The van der Waals surface area contributed by atoms with Crippen LogP contribution in [-0.2, 0) is 14.4 Å². The minimum atomic E-state index is -0.199. The molecule has 3 fully saturated rings. The molecular formula is C18H24N4O4. The van der Waals surface area contributed by atoms with Gasteiger partial charge in [-0.1, -0.05) is 18.0 Å². The topological polar surface area (TPSA) is 96.6 Å². The fourth-order valence-corrected chi connectivity index (χ4v) is 4.48. The first-order chi connectivity index (χ1) is 12.5. The summed E-state index contributed by atoms with van der Waals surface area (Å²) < 4.78 is 5.23. The van der Waals surface area contributed by atoms with Crippen LogP contribution < -0.4 is 0 Å². The maximum absolute atomic E-state index is 12.6. The molecule has 0 bridgehead atoms. The van der Waals surface area contributed by atoms with Crippen molar-refractivity contribution in [3.05, 3.63) is 11.7 Å². The van der Waals surface area contributed by atoms with Crippen LogP contribution in [-0.4, -0.2) is 57.3 Å². The van der Waals surface area contributed by atoms with Crippen LogP contribution in [0.3, 0.4) is 0 Å². The first-order valence-electron chi connectivity index (χ1n) is 9.48. The van der Waals surface area contributed by atoms with E-state index >= 15 is 0 Å². The van der Waals surface area contributed by atoms with Gasteiger partial charge in [0.15, 0.2) is 5.82 Å². The Kier molecular flexibility index (Phi) is 4.50. The monoisotopic (exact) mass is 360 g/mol. The summed E-state index contributed by atoms with van der Waals surface area (Å²) >= 11 is 0. The molecule has 3 aliphatic rings. The fraction of sp³-hybridized carbons (Fsp3) is 0.722. The largest absolute Gasteiger partial charge is 0.341 e. The Balaban J connectivity index is 1.34. The highest BCUT2D eigenvalue weighted by atomic mass is 16.5. The first kappa shape index (κ1) is 17.2. The number of hydrogen-bond donors (Lipinski definition) is 0. The van der Waals surface area contributed by atoms with Crippen LogP contribution in [0.2, 0.25) is 0 Å². The molecule has 2 atom stereocenters. The van der Waals surface area contributed by atoms with Crippen LogP contribution in [0.4, 0.5) is 0 Å². The molecule has 0 spiro atoms. The van der Waals surface area contributed by atoms with Crippen molar-refractivity contribution < 1.29 is 18.9 Å². The molecule has 0 radical (unpaired) electrons. The summed E-state index contributed by atoms with van der Waals surface area (Å²) in [6, 6.07) is 0. The molecule has 8 nitrogen and oxygen atoms in total. The quantitative estimate of drug-likeness (QED) is 0.753. The number of amides is 3. The number of rotatable bonds is 3. The second-order valence-corrected chi connectivity index (χ2v) is 7.59. The molecular weight excluding hydrogens is 336 g/mol. The van der Waals surface area contributed by atoms with Crippen molar-refractivity contribution in [2.75, 3.05) is 19.6 Å². The van der Waals surface area contributed by atoms with Gasteiger partial charge in [0.2, 0.25) is 23.6 Å². The lowest BCUT2D eigenvalue weighted by molar-refractivity contribution is -0.147. The number of likely N-dealkylation sites (tertiary alicyclic amines) is 2. The van der Waals surface area contributed by atoms with Gasteiger partial charge < -0.3 is 9.42 Å². The summed E-state index contributed by atoms with van der Waals surface area (Å²) in [7, 11) is 0. The number of carbonyl (C=O) groups excluding carboxylic acids is 3. The van der Waals surface area contributed by atoms with Crippen molar-refractivity contribution in [1.82, 2.24) is 19.9 Å². The van der Waals surface area contributed by atoms with E-state index in [0.717, 1.165) is 38.5 Å². The first-order valence-corrected chi connectivity index (χ1v) is 9.48. The van der Waals surface area contributed by atoms with Crippen LogP contribution in [0.1, 0.15) is 56.2 Å². The second-order valence-electron chi connectivity index (χ2n) is 7.59. The maximum atomic E-state index is 12.6. The molecule has 3 heterocycles. The van der Waals surface area contributed by atoms with Gasteiger partial charge in [-0.15, -0.1) is 0 Å². The van der Waals surface area contributed by atoms with Crippen LogP contribution >= 0.6 is 0 Å². The van der Waals surface area contributed by atoms with E-state index in [2.05, 4.69) is 10.1 Å². The Hall–Kier alpha value is -2.25. The van der Waals surface area contributed by atoms with Gasteiger partial charge in [-0.3, -0.25) is 19.3 Å². The zero-order valence-corrected chi connectivity index (χ0v) is 15.0. The smallest absolute Gasteiger partial charge is 0.242 e. The molecule has 1 aliphatic carbocycles. The number of aryl methyl sites for hydroxylation is 1. The minimum absolute atomic E-state index is 0.116. The van der Waals surface area contributed by atoms with Crippen molar-refractivity contribution in [2.24, 2.45) is 11.8 Å². The second kappa shape index (κ2) is 6.81. The zero-order chi connectivity index (χ0) is 18.3. The molecule has 0 aromatic carbocycles. The van der Waals surface area contributed by atoms with Crippen LogP contribution in [0.25, 0.3) is 0 Å². The number of aromatic nitrogens is 2. The molecule has 2 aliphatic heterocycles. The molecule has 3 amide bonds. The number of piperidine rings is 1. The number of imide groups is 1. The van der Waals surface area contributed by atoms with E-state index in [-0.39, 0.29) is 42.0 Å². The lowest BCUT2D eigenvalue weighted by Gasteiger charge is -2.31. The predicted molar refractivity (Wildman–Crippen MR) is 89.8 cm³/mol. The van der Waals surface area contributed by atoms with Gasteiger partial charge in [-0.2, -0.15) is 4.98 Å². The summed E-state index contributed by atoms with van der Waals surface area (Å²) in [5.41, 5.74) is 0. The van der Waals surface area contributed by atoms with Crippen molar-refractivity contribution >= 4 is 17.7 Å². The van der Waals surface area contributed by atoms with Crippen molar-refractivity contribution in [1.29, 1.82) is 0 Å². The van der Waals surface area contributed by atoms with Crippen LogP contribution in [0.5, 0.6) is 0 Å². The molecule has 8 heteroatoms. The summed E-state index contributed by atoms with van der Waals surface area (Å²) in [4.78, 5) is 44.9. The molecule has 140 valence electrons. The lowest BCUT2D eigenvalue weighted by atomic mass is 9.81. The number of nitrogens with zero attached hydrogens (tertiary/aromatic N) is 4. The highest BCUT2D eigenvalue weighted by Gasteiger charge is 2.48. The summed E-state index contributed by atoms with van der Waals surface area (Å²) in [5.74, 6) is 0.568. The third-order valence-electron chi connectivity index (χ3n) is 5.97. The van der Waals surface area contributed by atoms with Gasteiger partial charge in [0.25, 0.3) is 0 Å². The van der Waals surface area contributed by atoms with Gasteiger partial charge in [0.1, 0.15) is 6.54 Å². The Labute approximate surface area is 151 Å². The van der Waals surface area contributed by atoms with E-state index in [9.17, 15) is 14.4 Å². The third-order valence-corrected chi connectivity index (χ3v) is 5.97.